The summed E-state index contributed by atoms with van der Waals surface area (Å²) >= 11 is 12.2. The van der Waals surface area contributed by atoms with E-state index in [1.54, 1.807) is 42.5 Å². The van der Waals surface area contributed by atoms with Crippen molar-refractivity contribution in [2.45, 2.75) is 13.2 Å². The Hall–Kier alpha value is -3.06. The first-order valence-corrected chi connectivity index (χ1v) is 10.4. The molecule has 0 saturated carbocycles. The molecular formula is C24H15Cl2FO5. The number of hydrogen-bond donors (Lipinski definition) is 0. The lowest BCUT2D eigenvalue weighted by Crippen LogP contribution is -2.12. The molecule has 0 aliphatic carbocycles. The maximum atomic E-state index is 13.2. The van der Waals surface area contributed by atoms with Gasteiger partial charge in [0, 0.05) is 27.8 Å². The number of ketones is 1. The average molecular weight is 473 g/mol. The molecule has 0 amide bonds. The number of carbonyl (C=O) groups is 1. The van der Waals surface area contributed by atoms with Crippen molar-refractivity contribution in [3.8, 4) is 17.2 Å². The largest absolute Gasteiger partial charge is 0.489 e. The van der Waals surface area contributed by atoms with E-state index < -0.39 is 5.82 Å². The van der Waals surface area contributed by atoms with Crippen LogP contribution in [-0.4, -0.2) is 12.6 Å². The van der Waals surface area contributed by atoms with Crippen LogP contribution in [0.15, 0.2) is 54.3 Å². The molecule has 2 aliphatic heterocycles. The van der Waals surface area contributed by atoms with Crippen LogP contribution in [0.5, 0.6) is 17.2 Å². The van der Waals surface area contributed by atoms with Crippen molar-refractivity contribution < 1.29 is 28.1 Å². The normalized spacial score (nSPS) is 15.7. The van der Waals surface area contributed by atoms with Gasteiger partial charge < -0.3 is 18.9 Å². The van der Waals surface area contributed by atoms with E-state index in [4.69, 9.17) is 42.1 Å². The zero-order valence-electron chi connectivity index (χ0n) is 16.5. The van der Waals surface area contributed by atoms with E-state index in [2.05, 4.69) is 0 Å². The van der Waals surface area contributed by atoms with Crippen molar-refractivity contribution in [2.75, 3.05) is 6.79 Å². The van der Waals surface area contributed by atoms with E-state index in [0.717, 1.165) is 5.56 Å². The van der Waals surface area contributed by atoms with Gasteiger partial charge in [-0.05, 0) is 42.5 Å². The van der Waals surface area contributed by atoms with Gasteiger partial charge in [0.25, 0.3) is 0 Å². The molecule has 0 fully saturated rings. The van der Waals surface area contributed by atoms with Gasteiger partial charge in [-0.2, -0.15) is 0 Å². The van der Waals surface area contributed by atoms with Crippen molar-refractivity contribution in [3.05, 3.63) is 92.4 Å². The number of benzene rings is 3. The number of Topliss-reactive ketones (excluding diaryl/α,β-unsaturated/α-hetero) is 1. The first kappa shape index (κ1) is 20.8. The summed E-state index contributed by atoms with van der Waals surface area (Å²) in [4.78, 5) is 12.8. The highest BCUT2D eigenvalue weighted by Gasteiger charge is 2.29. The highest BCUT2D eigenvalue weighted by atomic mass is 35.5. The Balaban J connectivity index is 1.38. The molecule has 0 aromatic heterocycles. The quantitative estimate of drug-likeness (QED) is 0.423. The zero-order chi connectivity index (χ0) is 22.2. The van der Waals surface area contributed by atoms with Gasteiger partial charge in [-0.1, -0.05) is 29.3 Å². The first-order valence-electron chi connectivity index (χ1n) is 9.66. The molecule has 162 valence electrons. The summed E-state index contributed by atoms with van der Waals surface area (Å²) in [5, 5.41) is 0.781. The molecule has 2 heterocycles. The molecule has 5 rings (SSSR count). The van der Waals surface area contributed by atoms with Crippen LogP contribution in [0.2, 0.25) is 10.0 Å². The van der Waals surface area contributed by atoms with Gasteiger partial charge in [0.05, 0.1) is 17.2 Å². The molecule has 0 radical (unpaired) electrons. The molecule has 0 bridgehead atoms. The van der Waals surface area contributed by atoms with Crippen LogP contribution in [0.25, 0.3) is 6.08 Å². The molecule has 2 aliphatic rings. The van der Waals surface area contributed by atoms with Gasteiger partial charge in [-0.15, -0.1) is 0 Å². The van der Waals surface area contributed by atoms with E-state index in [-0.39, 0.29) is 30.0 Å². The molecule has 3 aromatic rings. The Morgan fingerprint density at radius 1 is 1.09 bits per heavy atom. The van der Waals surface area contributed by atoms with Crippen LogP contribution >= 0.6 is 23.2 Å². The van der Waals surface area contributed by atoms with E-state index in [1.165, 1.54) is 12.1 Å². The van der Waals surface area contributed by atoms with Crippen LogP contribution in [0.3, 0.4) is 0 Å². The standard InChI is InChI=1S/C24H15Cl2FO5/c25-16-5-14(24-15(6-16)10-29-12-31-24)7-22-23(28)19-4-3-18(9-21(19)32-22)30-11-13-1-2-17(27)8-20(13)26/h1-9H,10-12H2/b22-7-. The first-order chi connectivity index (χ1) is 15.5. The number of ether oxygens (including phenoxy) is 4. The Morgan fingerprint density at radius 2 is 1.97 bits per heavy atom. The predicted molar refractivity (Wildman–Crippen MR) is 117 cm³/mol. The minimum Gasteiger partial charge on any atom is -0.489 e. The lowest BCUT2D eigenvalue weighted by atomic mass is 10.1. The van der Waals surface area contributed by atoms with E-state index in [9.17, 15) is 9.18 Å². The number of halogens is 3. The fourth-order valence-electron chi connectivity index (χ4n) is 3.51. The summed E-state index contributed by atoms with van der Waals surface area (Å²) in [7, 11) is 0. The van der Waals surface area contributed by atoms with Crippen LogP contribution in [0, 0.1) is 5.82 Å². The number of rotatable bonds is 4. The Bertz CT molecular complexity index is 1270. The minimum absolute atomic E-state index is 0.124. The number of carbonyl (C=O) groups excluding carboxylic acids is 1. The van der Waals surface area contributed by atoms with Crippen molar-refractivity contribution in [2.24, 2.45) is 0 Å². The molecule has 0 unspecified atom stereocenters. The van der Waals surface area contributed by atoms with Crippen molar-refractivity contribution in [3.63, 3.8) is 0 Å². The van der Waals surface area contributed by atoms with Crippen molar-refractivity contribution in [1.29, 1.82) is 0 Å². The maximum absolute atomic E-state index is 13.2. The van der Waals surface area contributed by atoms with Crippen LogP contribution in [0.4, 0.5) is 4.39 Å². The molecular weight excluding hydrogens is 458 g/mol. The minimum atomic E-state index is -0.415. The van der Waals surface area contributed by atoms with E-state index >= 15 is 0 Å². The smallest absolute Gasteiger partial charge is 0.231 e. The lowest BCUT2D eigenvalue weighted by Gasteiger charge is -2.20. The maximum Gasteiger partial charge on any atom is 0.231 e. The second-order valence-corrected chi connectivity index (χ2v) is 8.06. The molecule has 3 aromatic carbocycles. The third-order valence-electron chi connectivity index (χ3n) is 5.04. The van der Waals surface area contributed by atoms with Gasteiger partial charge in [0.2, 0.25) is 5.78 Å². The fourth-order valence-corrected chi connectivity index (χ4v) is 3.98. The Labute approximate surface area is 192 Å². The topological polar surface area (TPSA) is 54.0 Å². The molecule has 32 heavy (non-hydrogen) atoms. The predicted octanol–water partition coefficient (Wildman–Crippen LogP) is 6.19. The van der Waals surface area contributed by atoms with Gasteiger partial charge in [-0.25, -0.2) is 4.39 Å². The second-order valence-electron chi connectivity index (χ2n) is 7.22. The lowest BCUT2D eigenvalue weighted by molar-refractivity contribution is -0.0165. The summed E-state index contributed by atoms with van der Waals surface area (Å²) in [6, 6.07) is 12.5. The molecule has 0 saturated heterocycles. The Kier molecular flexibility index (Phi) is 5.51. The summed E-state index contributed by atoms with van der Waals surface area (Å²) in [6.45, 7) is 0.640. The van der Waals surface area contributed by atoms with Gasteiger partial charge in [0.1, 0.15) is 29.7 Å². The van der Waals surface area contributed by atoms with Gasteiger partial charge in [-0.3, -0.25) is 4.79 Å². The van der Waals surface area contributed by atoms with Gasteiger partial charge in [0.15, 0.2) is 12.6 Å². The zero-order valence-corrected chi connectivity index (χ0v) is 18.0. The van der Waals surface area contributed by atoms with Gasteiger partial charge >= 0.3 is 0 Å². The SMILES string of the molecule is O=C1/C(=C/c2cc(Cl)cc3c2OCOC3)Oc2cc(OCc3ccc(F)cc3Cl)ccc21. The number of fused-ring (bicyclic) bond motifs is 2. The number of allylic oxidation sites excluding steroid dienone is 1. The third kappa shape index (κ3) is 4.05. The fraction of sp³-hybridized carbons (Fsp3) is 0.125. The molecule has 0 N–H and O–H groups in total. The Morgan fingerprint density at radius 3 is 2.81 bits per heavy atom. The van der Waals surface area contributed by atoms with Crippen LogP contribution < -0.4 is 14.2 Å². The summed E-state index contributed by atoms with van der Waals surface area (Å²) in [6.07, 6.45) is 1.61. The third-order valence-corrected chi connectivity index (χ3v) is 5.61. The monoisotopic (exact) mass is 472 g/mol. The van der Waals surface area contributed by atoms with Crippen molar-refractivity contribution in [1.82, 2.24) is 0 Å². The number of hydrogen-bond acceptors (Lipinski definition) is 5. The van der Waals surface area contributed by atoms with Crippen LogP contribution in [0.1, 0.15) is 27.0 Å². The summed E-state index contributed by atoms with van der Waals surface area (Å²) in [5.74, 6) is 0.956. The molecule has 0 spiro atoms. The van der Waals surface area contributed by atoms with E-state index in [1.807, 2.05) is 0 Å². The van der Waals surface area contributed by atoms with Crippen molar-refractivity contribution >= 4 is 35.1 Å². The summed E-state index contributed by atoms with van der Waals surface area (Å²) in [5.41, 5.74) is 2.49. The molecule has 8 heteroatoms. The molecule has 5 nitrogen and oxygen atoms in total. The average Bonchev–Trinajstić information content (AvgIpc) is 3.07. The van der Waals surface area contributed by atoms with E-state index in [0.29, 0.717) is 45.6 Å². The highest BCUT2D eigenvalue weighted by Crippen LogP contribution is 2.38. The summed E-state index contributed by atoms with van der Waals surface area (Å²) < 4.78 is 35.6. The molecule has 0 atom stereocenters. The highest BCUT2D eigenvalue weighted by molar-refractivity contribution is 6.31. The second kappa shape index (κ2) is 8.47. The van der Waals surface area contributed by atoms with Crippen LogP contribution in [-0.2, 0) is 18.0 Å².